The lowest BCUT2D eigenvalue weighted by molar-refractivity contribution is -0.126. The summed E-state index contributed by atoms with van der Waals surface area (Å²) >= 11 is 0. The van der Waals surface area contributed by atoms with E-state index >= 15 is 0 Å². The van der Waals surface area contributed by atoms with Gasteiger partial charge < -0.3 is 10.2 Å². The number of amides is 2. The van der Waals surface area contributed by atoms with Crippen LogP contribution in [0.15, 0.2) is 48.5 Å². The summed E-state index contributed by atoms with van der Waals surface area (Å²) in [6.07, 6.45) is 3.82. The number of nitrogens with one attached hydrogen (secondary N) is 1. The smallest absolute Gasteiger partial charge is 0.254 e. The molecule has 0 bridgehead atoms. The van der Waals surface area contributed by atoms with Crippen LogP contribution in [0, 0.1) is 24.6 Å². The first kappa shape index (κ1) is 19.6. The van der Waals surface area contributed by atoms with E-state index in [4.69, 9.17) is 0 Å². The minimum atomic E-state index is -0.432. The van der Waals surface area contributed by atoms with E-state index in [2.05, 4.69) is 11.4 Å². The Morgan fingerprint density at radius 2 is 1.86 bits per heavy atom. The summed E-state index contributed by atoms with van der Waals surface area (Å²) in [4.78, 5) is 27.7. The largest absolute Gasteiger partial charge is 0.356 e. The molecular formula is C24H27FN2O2. The molecule has 1 aliphatic carbocycles. The second-order valence-corrected chi connectivity index (χ2v) is 8.36. The van der Waals surface area contributed by atoms with E-state index in [0.717, 1.165) is 24.1 Å². The molecule has 152 valence electrons. The third kappa shape index (κ3) is 4.66. The maximum absolute atomic E-state index is 13.7. The van der Waals surface area contributed by atoms with Crippen molar-refractivity contribution in [2.45, 2.75) is 38.6 Å². The van der Waals surface area contributed by atoms with E-state index < -0.39 is 5.82 Å². The fourth-order valence-corrected chi connectivity index (χ4v) is 4.13. The van der Waals surface area contributed by atoms with Crippen molar-refractivity contribution < 1.29 is 14.0 Å². The van der Waals surface area contributed by atoms with Gasteiger partial charge in [0.05, 0.1) is 12.0 Å². The molecule has 29 heavy (non-hydrogen) atoms. The number of nitrogens with zero attached hydrogens (tertiary/aromatic N) is 1. The zero-order chi connectivity index (χ0) is 20.4. The number of rotatable bonds is 5. The van der Waals surface area contributed by atoms with Gasteiger partial charge in [0.2, 0.25) is 5.91 Å². The first-order valence-corrected chi connectivity index (χ1v) is 10.4. The van der Waals surface area contributed by atoms with E-state index in [0.29, 0.717) is 24.4 Å². The molecular weight excluding hydrogens is 367 g/mol. The van der Waals surface area contributed by atoms with E-state index in [-0.39, 0.29) is 23.8 Å². The number of carbonyl (C=O) groups is 2. The summed E-state index contributed by atoms with van der Waals surface area (Å²) in [6, 6.07) is 13.8. The van der Waals surface area contributed by atoms with Crippen LogP contribution in [0.2, 0.25) is 0 Å². The molecule has 2 aromatic rings. The maximum Gasteiger partial charge on any atom is 0.254 e. The molecule has 0 aromatic heterocycles. The summed E-state index contributed by atoms with van der Waals surface area (Å²) in [7, 11) is 0. The lowest BCUT2D eigenvalue weighted by atomic mass is 9.87. The van der Waals surface area contributed by atoms with Crippen molar-refractivity contribution in [3.8, 4) is 0 Å². The normalized spacial score (nSPS) is 21.7. The standard InChI is InChI=1S/C24H27FN2O2/c1-16-4-2-5-18(12-16)22-11-10-20(23(28)26-14-17-8-9-17)15-27(22)24(29)19-6-3-7-21(25)13-19/h2-7,12-13,17,20,22H,8-11,14-15H2,1H3,(H,26,28). The Bertz CT molecular complexity index is 909. The van der Waals surface area contributed by atoms with Crippen LogP contribution in [-0.4, -0.2) is 29.8 Å². The molecule has 5 heteroatoms. The average Bonchev–Trinajstić information content (AvgIpc) is 3.55. The monoisotopic (exact) mass is 394 g/mol. The highest BCUT2D eigenvalue weighted by Gasteiger charge is 2.36. The van der Waals surface area contributed by atoms with Crippen LogP contribution in [0.4, 0.5) is 4.39 Å². The van der Waals surface area contributed by atoms with E-state index in [1.807, 2.05) is 25.1 Å². The van der Waals surface area contributed by atoms with E-state index in [1.165, 1.54) is 25.0 Å². The fraction of sp³-hybridized carbons (Fsp3) is 0.417. The Hall–Kier alpha value is -2.69. The molecule has 0 spiro atoms. The zero-order valence-electron chi connectivity index (χ0n) is 16.7. The van der Waals surface area contributed by atoms with Crippen molar-refractivity contribution in [3.05, 3.63) is 71.0 Å². The maximum atomic E-state index is 13.7. The number of likely N-dealkylation sites (tertiary alicyclic amines) is 1. The van der Waals surface area contributed by atoms with Crippen molar-refractivity contribution in [2.75, 3.05) is 13.1 Å². The number of piperidine rings is 1. The average molecular weight is 394 g/mol. The highest BCUT2D eigenvalue weighted by Crippen LogP contribution is 2.35. The van der Waals surface area contributed by atoms with Gasteiger partial charge in [0.1, 0.15) is 5.82 Å². The number of hydrogen-bond donors (Lipinski definition) is 1. The Morgan fingerprint density at radius 1 is 1.07 bits per heavy atom. The molecule has 4 rings (SSSR count). The third-order valence-electron chi connectivity index (χ3n) is 5.97. The van der Waals surface area contributed by atoms with Gasteiger partial charge in [-0.1, -0.05) is 35.9 Å². The Balaban J connectivity index is 1.57. The van der Waals surface area contributed by atoms with Crippen molar-refractivity contribution >= 4 is 11.8 Å². The van der Waals surface area contributed by atoms with Gasteiger partial charge in [-0.05, 0) is 62.3 Å². The van der Waals surface area contributed by atoms with Crippen LogP contribution in [0.3, 0.4) is 0 Å². The van der Waals surface area contributed by atoms with Gasteiger partial charge >= 0.3 is 0 Å². The molecule has 1 saturated heterocycles. The van der Waals surface area contributed by atoms with Gasteiger partial charge in [0.25, 0.3) is 5.91 Å². The fourth-order valence-electron chi connectivity index (χ4n) is 4.13. The van der Waals surface area contributed by atoms with Crippen LogP contribution >= 0.6 is 0 Å². The van der Waals surface area contributed by atoms with Crippen molar-refractivity contribution in [1.82, 2.24) is 10.2 Å². The Morgan fingerprint density at radius 3 is 2.59 bits per heavy atom. The third-order valence-corrected chi connectivity index (χ3v) is 5.97. The van der Waals surface area contributed by atoms with Crippen LogP contribution in [-0.2, 0) is 4.79 Å². The highest BCUT2D eigenvalue weighted by molar-refractivity contribution is 5.95. The molecule has 2 fully saturated rings. The Kier molecular flexibility index (Phi) is 5.65. The molecule has 1 heterocycles. The topological polar surface area (TPSA) is 49.4 Å². The molecule has 1 aliphatic heterocycles. The second kappa shape index (κ2) is 8.36. The SMILES string of the molecule is Cc1cccc(C2CCC(C(=O)NCC3CC3)CN2C(=O)c2cccc(F)c2)c1. The second-order valence-electron chi connectivity index (χ2n) is 8.36. The molecule has 0 radical (unpaired) electrons. The molecule has 2 aromatic carbocycles. The van der Waals surface area contributed by atoms with Gasteiger partial charge in [0.15, 0.2) is 0 Å². The summed E-state index contributed by atoms with van der Waals surface area (Å²) in [5.41, 5.74) is 2.51. The lowest BCUT2D eigenvalue weighted by Crippen LogP contribution is -2.47. The van der Waals surface area contributed by atoms with Crippen molar-refractivity contribution in [1.29, 1.82) is 0 Å². The molecule has 2 amide bonds. The molecule has 2 aliphatic rings. The van der Waals surface area contributed by atoms with Crippen LogP contribution in [0.25, 0.3) is 0 Å². The predicted octanol–water partition coefficient (Wildman–Crippen LogP) is 4.25. The summed E-state index contributed by atoms with van der Waals surface area (Å²) in [6.45, 7) is 3.11. The van der Waals surface area contributed by atoms with Gasteiger partial charge in [-0.25, -0.2) is 4.39 Å². The van der Waals surface area contributed by atoms with Gasteiger partial charge in [0, 0.05) is 18.7 Å². The van der Waals surface area contributed by atoms with Crippen molar-refractivity contribution in [3.63, 3.8) is 0 Å². The quantitative estimate of drug-likeness (QED) is 0.824. The molecule has 1 saturated carbocycles. The minimum Gasteiger partial charge on any atom is -0.356 e. The van der Waals surface area contributed by atoms with E-state index in [9.17, 15) is 14.0 Å². The number of benzene rings is 2. The number of halogens is 1. The van der Waals surface area contributed by atoms with Gasteiger partial charge in [-0.2, -0.15) is 0 Å². The Labute approximate surface area is 171 Å². The highest BCUT2D eigenvalue weighted by atomic mass is 19.1. The van der Waals surface area contributed by atoms with Crippen LogP contribution in [0.1, 0.15) is 53.2 Å². The van der Waals surface area contributed by atoms with Crippen molar-refractivity contribution in [2.24, 2.45) is 11.8 Å². The first-order valence-electron chi connectivity index (χ1n) is 10.4. The number of aryl methyl sites for hydroxylation is 1. The van der Waals surface area contributed by atoms with Crippen LogP contribution in [0.5, 0.6) is 0 Å². The predicted molar refractivity (Wildman–Crippen MR) is 110 cm³/mol. The lowest BCUT2D eigenvalue weighted by Gasteiger charge is -2.39. The number of carbonyl (C=O) groups excluding carboxylic acids is 2. The van der Waals surface area contributed by atoms with Crippen LogP contribution < -0.4 is 5.32 Å². The summed E-state index contributed by atoms with van der Waals surface area (Å²) in [5.74, 6) is -0.244. The molecule has 2 unspecified atom stereocenters. The summed E-state index contributed by atoms with van der Waals surface area (Å²) < 4.78 is 13.7. The molecule has 2 atom stereocenters. The van der Waals surface area contributed by atoms with Gasteiger partial charge in [-0.3, -0.25) is 9.59 Å². The van der Waals surface area contributed by atoms with Gasteiger partial charge in [-0.15, -0.1) is 0 Å². The summed E-state index contributed by atoms with van der Waals surface area (Å²) in [5, 5.41) is 3.05. The van der Waals surface area contributed by atoms with E-state index in [1.54, 1.807) is 17.0 Å². The molecule has 4 nitrogen and oxygen atoms in total. The zero-order valence-corrected chi connectivity index (χ0v) is 16.7. The molecule has 1 N–H and O–H groups in total. The number of hydrogen-bond acceptors (Lipinski definition) is 2. The minimum absolute atomic E-state index is 0.0247. The first-order chi connectivity index (χ1) is 14.0.